The first-order valence-electron chi connectivity index (χ1n) is 10.2. The van der Waals surface area contributed by atoms with E-state index in [1.54, 1.807) is 6.20 Å². The van der Waals surface area contributed by atoms with E-state index in [0.717, 1.165) is 52.2 Å². The number of piperazine rings is 1. The van der Waals surface area contributed by atoms with Gasteiger partial charge in [-0.15, -0.1) is 0 Å². The van der Waals surface area contributed by atoms with E-state index in [9.17, 15) is 4.79 Å². The van der Waals surface area contributed by atoms with Crippen LogP contribution in [0.15, 0.2) is 24.4 Å². The van der Waals surface area contributed by atoms with Gasteiger partial charge < -0.3 is 9.47 Å². The van der Waals surface area contributed by atoms with Crippen molar-refractivity contribution in [3.63, 3.8) is 0 Å². The van der Waals surface area contributed by atoms with Crippen LogP contribution in [0.4, 0.5) is 0 Å². The van der Waals surface area contributed by atoms with Gasteiger partial charge in [0, 0.05) is 45.5 Å². The van der Waals surface area contributed by atoms with Gasteiger partial charge in [0.25, 0.3) is 0 Å². The zero-order valence-corrected chi connectivity index (χ0v) is 19.9. The molecule has 8 heteroatoms. The van der Waals surface area contributed by atoms with Crippen LogP contribution in [-0.2, 0) is 9.47 Å². The number of nitrogens with zero attached hydrogens (tertiary/aromatic N) is 3. The molecule has 166 valence electrons. The van der Waals surface area contributed by atoms with Gasteiger partial charge in [0.15, 0.2) is 0 Å². The first-order valence-corrected chi connectivity index (χ1v) is 10.2. The molecule has 2 aliphatic heterocycles. The van der Waals surface area contributed by atoms with Crippen LogP contribution in [0.2, 0.25) is 0 Å². The number of hydrogen-bond acceptors (Lipinski definition) is 6. The molecule has 29 heavy (non-hydrogen) atoms. The molecule has 0 aromatic carbocycles. The van der Waals surface area contributed by atoms with Gasteiger partial charge in [-0.3, -0.25) is 19.6 Å². The Morgan fingerprint density at radius 2 is 2.00 bits per heavy atom. The Morgan fingerprint density at radius 3 is 2.59 bits per heavy atom. The number of ether oxygens (including phenoxy) is 2. The van der Waals surface area contributed by atoms with E-state index in [0.29, 0.717) is 12.3 Å². The van der Waals surface area contributed by atoms with Crippen molar-refractivity contribution >= 4 is 32.8 Å². The van der Waals surface area contributed by atoms with Gasteiger partial charge in [0.2, 0.25) is 5.78 Å². The molecule has 2 saturated heterocycles. The van der Waals surface area contributed by atoms with E-state index in [1.807, 2.05) is 18.2 Å². The Hall–Kier alpha value is -0.640. The Morgan fingerprint density at radius 1 is 1.28 bits per heavy atom. The summed E-state index contributed by atoms with van der Waals surface area (Å²) in [6.07, 6.45) is 3.54. The van der Waals surface area contributed by atoms with Crippen molar-refractivity contribution in [3.05, 3.63) is 30.1 Å². The van der Waals surface area contributed by atoms with Crippen molar-refractivity contribution in [2.75, 3.05) is 45.9 Å². The molecule has 6 nitrogen and oxygen atoms in total. The van der Waals surface area contributed by atoms with Crippen molar-refractivity contribution in [1.29, 1.82) is 0 Å². The first kappa shape index (κ1) is 26.4. The van der Waals surface area contributed by atoms with Crippen molar-refractivity contribution in [2.45, 2.75) is 51.4 Å². The van der Waals surface area contributed by atoms with E-state index in [4.69, 9.17) is 9.47 Å². The molecule has 3 rings (SSSR count). The molecule has 3 heterocycles. The largest absolute Gasteiger partial charge is 0.378 e. The van der Waals surface area contributed by atoms with Gasteiger partial charge in [-0.1, -0.05) is 6.07 Å². The predicted octanol–water partition coefficient (Wildman–Crippen LogP) is 2.47. The number of carbonyl (C=O) groups excluding carboxylic acids is 1. The Balaban J connectivity index is 0.00000210. The molecule has 2 aliphatic rings. The smallest absolute Gasteiger partial charge is 0.201 e. The van der Waals surface area contributed by atoms with E-state index in [1.165, 1.54) is 0 Å². The lowest BCUT2D eigenvalue weighted by Gasteiger charge is -2.49. The van der Waals surface area contributed by atoms with Crippen molar-refractivity contribution in [3.8, 4) is 0 Å². The molecule has 0 unspecified atom stereocenters. The summed E-state index contributed by atoms with van der Waals surface area (Å²) in [6.45, 7) is 12.3. The second-order valence-corrected chi connectivity index (χ2v) is 7.96. The van der Waals surface area contributed by atoms with Crippen LogP contribution in [0, 0.1) is 0 Å². The summed E-state index contributed by atoms with van der Waals surface area (Å²) < 4.78 is 11.5. The van der Waals surface area contributed by atoms with Gasteiger partial charge in [-0.2, -0.15) is 27.0 Å². The maximum Gasteiger partial charge on any atom is 0.201 e. The molecule has 0 amide bonds. The van der Waals surface area contributed by atoms with Crippen LogP contribution < -0.4 is 0 Å². The summed E-state index contributed by atoms with van der Waals surface area (Å²) in [5.74, 6) is 0.148. The minimum absolute atomic E-state index is 0. The van der Waals surface area contributed by atoms with Gasteiger partial charge in [0.05, 0.1) is 24.4 Å². The summed E-state index contributed by atoms with van der Waals surface area (Å²) in [5, 5.41) is 0. The number of rotatable bonds is 7. The van der Waals surface area contributed by atoms with Gasteiger partial charge in [-0.25, -0.2) is 0 Å². The lowest BCUT2D eigenvalue weighted by molar-refractivity contribution is -0.0658. The minimum atomic E-state index is -0.494. The topological polar surface area (TPSA) is 54.9 Å². The third kappa shape index (κ3) is 6.67. The highest BCUT2D eigenvalue weighted by atomic mass is 32.1. The number of aromatic nitrogens is 1. The van der Waals surface area contributed by atoms with Gasteiger partial charge in [0.1, 0.15) is 5.69 Å². The highest BCUT2D eigenvalue weighted by molar-refractivity contribution is 7.59. The molecule has 0 bridgehead atoms. The minimum Gasteiger partial charge on any atom is -0.378 e. The summed E-state index contributed by atoms with van der Waals surface area (Å²) in [6, 6.07) is 5.58. The van der Waals surface area contributed by atoms with Crippen molar-refractivity contribution in [1.82, 2.24) is 14.8 Å². The average Bonchev–Trinajstić information content (AvgIpc) is 2.68. The fraction of sp³-hybridized carbons (Fsp3) is 0.714. The lowest BCUT2D eigenvalue weighted by Crippen LogP contribution is -2.63. The standard InChI is InChI=1S/C21H33N3O3.2H2S/c1-17(2)26-15-13-23-9-11-24(12-10-23)21(7-14-27-18(3)16-21)20(25)19-6-4-5-8-22-19;;/h4-6,8,17-18H,7,9-16H2,1-3H3;2*1H2/t18-,21-;;/m0../s1. The van der Waals surface area contributed by atoms with Gasteiger partial charge >= 0.3 is 0 Å². The monoisotopic (exact) mass is 443 g/mol. The first-order chi connectivity index (χ1) is 13.0. The quantitative estimate of drug-likeness (QED) is 0.604. The van der Waals surface area contributed by atoms with E-state index < -0.39 is 5.54 Å². The molecule has 1 aromatic heterocycles. The molecular formula is C21H37N3O3S2. The fourth-order valence-corrected chi connectivity index (χ4v) is 4.26. The highest BCUT2D eigenvalue weighted by Gasteiger charge is 2.48. The van der Waals surface area contributed by atoms with Gasteiger partial charge in [-0.05, 0) is 45.7 Å². The maximum absolute atomic E-state index is 13.5. The van der Waals surface area contributed by atoms with Crippen molar-refractivity contribution in [2.24, 2.45) is 0 Å². The average molecular weight is 444 g/mol. The van der Waals surface area contributed by atoms with E-state index >= 15 is 0 Å². The van der Waals surface area contributed by atoms with Crippen LogP contribution in [0.3, 0.4) is 0 Å². The summed E-state index contributed by atoms with van der Waals surface area (Å²) >= 11 is 0. The molecule has 0 N–H and O–H groups in total. The third-order valence-corrected chi connectivity index (χ3v) is 5.70. The van der Waals surface area contributed by atoms with Crippen LogP contribution >= 0.6 is 27.0 Å². The highest BCUT2D eigenvalue weighted by Crippen LogP contribution is 2.34. The van der Waals surface area contributed by atoms with Crippen LogP contribution in [-0.4, -0.2) is 84.3 Å². The molecule has 0 radical (unpaired) electrons. The van der Waals surface area contributed by atoms with E-state index in [2.05, 4.69) is 35.6 Å². The summed E-state index contributed by atoms with van der Waals surface area (Å²) in [5.41, 5.74) is 0.0753. The summed E-state index contributed by atoms with van der Waals surface area (Å²) in [4.78, 5) is 22.7. The third-order valence-electron chi connectivity index (χ3n) is 5.70. The molecule has 0 spiro atoms. The number of pyridine rings is 1. The zero-order chi connectivity index (χ0) is 19.3. The Labute approximate surface area is 189 Å². The van der Waals surface area contributed by atoms with Crippen LogP contribution in [0.1, 0.15) is 44.1 Å². The zero-order valence-electron chi connectivity index (χ0n) is 17.9. The number of hydrogen-bond donors (Lipinski definition) is 0. The second-order valence-electron chi connectivity index (χ2n) is 7.96. The Bertz CT molecular complexity index is 612. The fourth-order valence-electron chi connectivity index (χ4n) is 4.26. The number of Topliss-reactive ketones (excluding diaryl/α,β-unsaturated/α-hetero) is 1. The molecule has 2 atom stereocenters. The molecular weight excluding hydrogens is 406 g/mol. The normalized spacial score (nSPS) is 25.9. The molecule has 2 fully saturated rings. The molecule has 0 aliphatic carbocycles. The SMILES string of the molecule is CC(C)OCCN1CCN([C@@]2(C(=O)c3ccccn3)CCO[C@@H](C)C2)CC1.S.S. The van der Waals surface area contributed by atoms with Crippen LogP contribution in [0.5, 0.6) is 0 Å². The number of ketones is 1. The lowest BCUT2D eigenvalue weighted by atomic mass is 9.79. The predicted molar refractivity (Wildman–Crippen MR) is 126 cm³/mol. The van der Waals surface area contributed by atoms with Crippen LogP contribution in [0.25, 0.3) is 0 Å². The summed E-state index contributed by atoms with van der Waals surface area (Å²) in [7, 11) is 0. The maximum atomic E-state index is 13.5. The molecule has 0 saturated carbocycles. The Kier molecular flexibility index (Phi) is 11.2. The second kappa shape index (κ2) is 12.3. The molecule has 1 aromatic rings. The van der Waals surface area contributed by atoms with Crippen molar-refractivity contribution < 1.29 is 14.3 Å². The van der Waals surface area contributed by atoms with E-state index in [-0.39, 0.29) is 45.0 Å². The number of carbonyl (C=O) groups is 1.